The first kappa shape index (κ1) is 15.4. The molecule has 118 valence electrons. The van der Waals surface area contributed by atoms with Crippen LogP contribution in [0.1, 0.15) is 19.4 Å². The normalized spacial score (nSPS) is 22.7. The van der Waals surface area contributed by atoms with E-state index in [1.165, 1.54) is 0 Å². The number of benzene rings is 1. The number of hydrogen-bond acceptors (Lipinski definition) is 3. The van der Waals surface area contributed by atoms with Crippen LogP contribution in [-0.4, -0.2) is 41.7 Å². The summed E-state index contributed by atoms with van der Waals surface area (Å²) in [6, 6.07) is 6.33. The molecule has 1 fully saturated rings. The average Bonchev–Trinajstić information content (AvgIpc) is 2.96. The lowest BCUT2D eigenvalue weighted by Crippen LogP contribution is -2.37. The SMILES string of the molecule is COc1ccc(-c2nccn2[C@H]2CCN(C)C[C@@H]2C)cc1Cl. The first-order valence-electron chi connectivity index (χ1n) is 7.65. The third-order valence-corrected chi connectivity index (χ3v) is 4.79. The van der Waals surface area contributed by atoms with E-state index < -0.39 is 0 Å². The zero-order valence-electron chi connectivity index (χ0n) is 13.3. The number of likely N-dealkylation sites (tertiary alicyclic amines) is 1. The molecule has 22 heavy (non-hydrogen) atoms. The highest BCUT2D eigenvalue weighted by molar-refractivity contribution is 6.32. The second-order valence-electron chi connectivity index (χ2n) is 6.10. The number of piperidine rings is 1. The monoisotopic (exact) mass is 319 g/mol. The molecule has 0 spiro atoms. The van der Waals surface area contributed by atoms with Crippen LogP contribution in [-0.2, 0) is 0 Å². The maximum Gasteiger partial charge on any atom is 0.140 e. The Morgan fingerprint density at radius 2 is 2.18 bits per heavy atom. The molecule has 1 aliphatic rings. The maximum absolute atomic E-state index is 6.26. The van der Waals surface area contributed by atoms with Crippen LogP contribution in [0, 0.1) is 5.92 Å². The van der Waals surface area contributed by atoms with Crippen molar-refractivity contribution in [1.29, 1.82) is 0 Å². The predicted molar refractivity (Wildman–Crippen MR) is 89.5 cm³/mol. The fraction of sp³-hybridized carbons (Fsp3) is 0.471. The summed E-state index contributed by atoms with van der Waals surface area (Å²) in [7, 11) is 3.81. The number of aromatic nitrogens is 2. The van der Waals surface area contributed by atoms with E-state index in [1.807, 2.05) is 24.4 Å². The minimum Gasteiger partial charge on any atom is -0.495 e. The summed E-state index contributed by atoms with van der Waals surface area (Å²) in [4.78, 5) is 6.95. The molecule has 3 rings (SSSR count). The van der Waals surface area contributed by atoms with Crippen LogP contribution < -0.4 is 4.74 Å². The Morgan fingerprint density at radius 1 is 1.36 bits per heavy atom. The molecule has 2 aromatic rings. The van der Waals surface area contributed by atoms with Gasteiger partial charge in [0.2, 0.25) is 0 Å². The van der Waals surface area contributed by atoms with Crippen molar-refractivity contribution in [3.05, 3.63) is 35.6 Å². The number of hydrogen-bond donors (Lipinski definition) is 0. The van der Waals surface area contributed by atoms with Gasteiger partial charge in [0.05, 0.1) is 12.1 Å². The molecule has 0 bridgehead atoms. The molecule has 0 saturated carbocycles. The van der Waals surface area contributed by atoms with Gasteiger partial charge in [-0.3, -0.25) is 0 Å². The summed E-state index contributed by atoms with van der Waals surface area (Å²) in [6.45, 7) is 4.55. The van der Waals surface area contributed by atoms with Gasteiger partial charge in [0.15, 0.2) is 0 Å². The molecule has 0 radical (unpaired) electrons. The van der Waals surface area contributed by atoms with Crippen LogP contribution in [0.2, 0.25) is 5.02 Å². The maximum atomic E-state index is 6.26. The molecular weight excluding hydrogens is 298 g/mol. The lowest BCUT2D eigenvalue weighted by Gasteiger charge is -2.36. The molecule has 1 aromatic heterocycles. The Balaban J connectivity index is 1.94. The minimum atomic E-state index is 0.481. The van der Waals surface area contributed by atoms with E-state index in [4.69, 9.17) is 16.3 Å². The van der Waals surface area contributed by atoms with Crippen LogP contribution in [0.3, 0.4) is 0 Å². The molecule has 0 aliphatic carbocycles. The van der Waals surface area contributed by atoms with Gasteiger partial charge >= 0.3 is 0 Å². The standard InChI is InChI=1S/C17H22ClN3O/c1-12-11-20(2)8-6-15(12)21-9-7-19-17(21)13-4-5-16(22-3)14(18)10-13/h4-5,7,9-10,12,15H,6,8,11H2,1-3H3/t12-,15-/m0/s1. The highest BCUT2D eigenvalue weighted by Crippen LogP contribution is 2.34. The van der Waals surface area contributed by atoms with E-state index >= 15 is 0 Å². The number of nitrogens with zero attached hydrogens (tertiary/aromatic N) is 3. The van der Waals surface area contributed by atoms with Gasteiger partial charge in [0.25, 0.3) is 0 Å². The molecule has 0 amide bonds. The Bertz CT molecular complexity index is 655. The summed E-state index contributed by atoms with van der Waals surface area (Å²) in [5.41, 5.74) is 1.03. The fourth-order valence-electron chi connectivity index (χ4n) is 3.36. The lowest BCUT2D eigenvalue weighted by molar-refractivity contribution is 0.160. The van der Waals surface area contributed by atoms with E-state index in [2.05, 4.69) is 34.6 Å². The second kappa shape index (κ2) is 6.31. The van der Waals surface area contributed by atoms with Gasteiger partial charge in [-0.15, -0.1) is 0 Å². The van der Waals surface area contributed by atoms with E-state index in [-0.39, 0.29) is 0 Å². The van der Waals surface area contributed by atoms with Crippen LogP contribution in [0.5, 0.6) is 5.75 Å². The molecule has 1 aromatic carbocycles. The molecule has 0 N–H and O–H groups in total. The summed E-state index contributed by atoms with van der Waals surface area (Å²) < 4.78 is 7.53. The first-order chi connectivity index (χ1) is 10.6. The zero-order chi connectivity index (χ0) is 15.7. The topological polar surface area (TPSA) is 30.3 Å². The summed E-state index contributed by atoms with van der Waals surface area (Å²) in [6.07, 6.45) is 5.10. The van der Waals surface area contributed by atoms with Crippen molar-refractivity contribution in [2.75, 3.05) is 27.2 Å². The number of halogens is 1. The smallest absolute Gasteiger partial charge is 0.140 e. The van der Waals surface area contributed by atoms with Gasteiger partial charge in [0.1, 0.15) is 11.6 Å². The summed E-state index contributed by atoms with van der Waals surface area (Å²) in [5, 5.41) is 0.617. The second-order valence-corrected chi connectivity index (χ2v) is 6.51. The van der Waals surface area contributed by atoms with Gasteiger partial charge in [-0.25, -0.2) is 4.98 Å². The van der Waals surface area contributed by atoms with Crippen LogP contribution in [0.15, 0.2) is 30.6 Å². The van der Waals surface area contributed by atoms with Crippen molar-refractivity contribution in [3.8, 4) is 17.1 Å². The Kier molecular flexibility index (Phi) is 4.41. The van der Waals surface area contributed by atoms with Crippen molar-refractivity contribution < 1.29 is 4.74 Å². The third kappa shape index (κ3) is 2.85. The van der Waals surface area contributed by atoms with Crippen molar-refractivity contribution in [3.63, 3.8) is 0 Å². The highest BCUT2D eigenvalue weighted by Gasteiger charge is 2.27. The predicted octanol–water partition coefficient (Wildman–Crippen LogP) is 3.72. The van der Waals surface area contributed by atoms with Gasteiger partial charge < -0.3 is 14.2 Å². The van der Waals surface area contributed by atoms with Gasteiger partial charge in [-0.05, 0) is 44.1 Å². The van der Waals surface area contributed by atoms with E-state index in [0.717, 1.165) is 30.9 Å². The molecular formula is C17H22ClN3O. The zero-order valence-corrected chi connectivity index (χ0v) is 14.0. The van der Waals surface area contributed by atoms with Crippen molar-refractivity contribution >= 4 is 11.6 Å². The minimum absolute atomic E-state index is 0.481. The van der Waals surface area contributed by atoms with E-state index in [1.54, 1.807) is 7.11 Å². The number of imidazole rings is 1. The number of methoxy groups -OCH3 is 1. The lowest BCUT2D eigenvalue weighted by atomic mass is 9.93. The van der Waals surface area contributed by atoms with Crippen LogP contribution in [0.25, 0.3) is 11.4 Å². The fourth-order valence-corrected chi connectivity index (χ4v) is 3.62. The molecule has 1 saturated heterocycles. The van der Waals surface area contributed by atoms with Gasteiger partial charge in [-0.1, -0.05) is 18.5 Å². The Hall–Kier alpha value is -1.52. The highest BCUT2D eigenvalue weighted by atomic mass is 35.5. The number of ether oxygens (including phenoxy) is 1. The Morgan fingerprint density at radius 3 is 2.86 bits per heavy atom. The van der Waals surface area contributed by atoms with E-state index in [0.29, 0.717) is 22.7 Å². The first-order valence-corrected chi connectivity index (χ1v) is 8.03. The number of rotatable bonds is 3. The molecule has 4 nitrogen and oxygen atoms in total. The van der Waals surface area contributed by atoms with Crippen molar-refractivity contribution in [2.45, 2.75) is 19.4 Å². The molecule has 2 atom stereocenters. The average molecular weight is 320 g/mol. The molecule has 2 heterocycles. The van der Waals surface area contributed by atoms with Gasteiger partial charge in [-0.2, -0.15) is 0 Å². The molecule has 0 unspecified atom stereocenters. The van der Waals surface area contributed by atoms with E-state index in [9.17, 15) is 0 Å². The van der Waals surface area contributed by atoms with Crippen molar-refractivity contribution in [2.24, 2.45) is 5.92 Å². The third-order valence-electron chi connectivity index (χ3n) is 4.50. The summed E-state index contributed by atoms with van der Waals surface area (Å²) >= 11 is 6.26. The van der Waals surface area contributed by atoms with Gasteiger partial charge in [0, 0.05) is 30.5 Å². The quantitative estimate of drug-likeness (QED) is 0.863. The van der Waals surface area contributed by atoms with Crippen LogP contribution in [0.4, 0.5) is 0 Å². The summed E-state index contributed by atoms with van der Waals surface area (Å²) in [5.74, 6) is 2.27. The molecule has 1 aliphatic heterocycles. The Labute approximate surface area is 136 Å². The molecule has 5 heteroatoms. The van der Waals surface area contributed by atoms with Crippen LogP contribution >= 0.6 is 11.6 Å². The van der Waals surface area contributed by atoms with Crippen molar-refractivity contribution in [1.82, 2.24) is 14.5 Å². The largest absolute Gasteiger partial charge is 0.495 e.